The Hall–Kier alpha value is -2.31. The van der Waals surface area contributed by atoms with E-state index >= 15 is 0 Å². The van der Waals surface area contributed by atoms with Gasteiger partial charge in [-0.25, -0.2) is 0 Å². The molecule has 0 saturated carbocycles. The molecule has 2 rings (SSSR count). The standard InChI is InChI=1S/C21H27N3O2S/c1-6-24(16(3)20(25)22-18-11-7-15(2)8-12-18)21(26)17-9-13-19(14-10-17)27-23(4)5/h7-14,16H,6H2,1-5H3,(H,22,25). The lowest BCUT2D eigenvalue weighted by molar-refractivity contribution is -0.120. The number of amides is 2. The fourth-order valence-corrected chi connectivity index (χ4v) is 3.33. The van der Waals surface area contributed by atoms with E-state index in [1.54, 1.807) is 35.9 Å². The van der Waals surface area contributed by atoms with Crippen LogP contribution in [0.4, 0.5) is 5.69 Å². The van der Waals surface area contributed by atoms with Crippen LogP contribution in [-0.4, -0.2) is 47.7 Å². The van der Waals surface area contributed by atoms with Gasteiger partial charge in [-0.2, -0.15) is 0 Å². The van der Waals surface area contributed by atoms with E-state index < -0.39 is 6.04 Å². The van der Waals surface area contributed by atoms with Crippen LogP contribution in [0.25, 0.3) is 0 Å². The third-order valence-electron chi connectivity index (χ3n) is 4.16. The smallest absolute Gasteiger partial charge is 0.254 e. The lowest BCUT2D eigenvalue weighted by Gasteiger charge is -2.27. The van der Waals surface area contributed by atoms with Gasteiger partial charge in [0.2, 0.25) is 5.91 Å². The van der Waals surface area contributed by atoms with Crippen molar-refractivity contribution in [3.05, 3.63) is 59.7 Å². The van der Waals surface area contributed by atoms with E-state index in [4.69, 9.17) is 0 Å². The van der Waals surface area contributed by atoms with Crippen LogP contribution in [0.15, 0.2) is 53.4 Å². The van der Waals surface area contributed by atoms with Gasteiger partial charge in [0.1, 0.15) is 6.04 Å². The SMILES string of the molecule is CCN(C(=O)c1ccc(SN(C)C)cc1)C(C)C(=O)Nc1ccc(C)cc1. The molecule has 0 saturated heterocycles. The normalized spacial score (nSPS) is 11.9. The average Bonchev–Trinajstić information content (AvgIpc) is 2.64. The van der Waals surface area contributed by atoms with Crippen molar-refractivity contribution < 1.29 is 9.59 Å². The van der Waals surface area contributed by atoms with Crippen molar-refractivity contribution in [2.24, 2.45) is 0 Å². The van der Waals surface area contributed by atoms with Gasteiger partial charge in [-0.3, -0.25) is 13.9 Å². The summed E-state index contributed by atoms with van der Waals surface area (Å²) in [5.41, 5.74) is 2.43. The molecule has 144 valence electrons. The Bertz CT molecular complexity index is 773. The van der Waals surface area contributed by atoms with Crippen molar-refractivity contribution in [3.63, 3.8) is 0 Å². The van der Waals surface area contributed by atoms with Gasteiger partial charge in [-0.05, 0) is 83.2 Å². The Morgan fingerprint density at radius 1 is 1.04 bits per heavy atom. The van der Waals surface area contributed by atoms with E-state index in [1.807, 2.05) is 68.6 Å². The molecule has 5 nitrogen and oxygen atoms in total. The summed E-state index contributed by atoms with van der Waals surface area (Å²) in [5, 5.41) is 2.88. The predicted octanol–water partition coefficient (Wildman–Crippen LogP) is 4.05. The summed E-state index contributed by atoms with van der Waals surface area (Å²) < 4.78 is 1.99. The van der Waals surface area contributed by atoms with Crippen molar-refractivity contribution in [2.75, 3.05) is 26.0 Å². The number of aryl methyl sites for hydroxylation is 1. The van der Waals surface area contributed by atoms with Crippen molar-refractivity contribution in [2.45, 2.75) is 31.7 Å². The van der Waals surface area contributed by atoms with E-state index in [-0.39, 0.29) is 11.8 Å². The molecule has 0 radical (unpaired) electrons. The largest absolute Gasteiger partial charge is 0.327 e. The van der Waals surface area contributed by atoms with Gasteiger partial charge in [0.05, 0.1) is 0 Å². The van der Waals surface area contributed by atoms with Gasteiger partial charge in [0.25, 0.3) is 5.91 Å². The summed E-state index contributed by atoms with van der Waals surface area (Å²) in [6.07, 6.45) is 0. The Morgan fingerprint density at radius 3 is 2.15 bits per heavy atom. The molecule has 1 unspecified atom stereocenters. The zero-order valence-electron chi connectivity index (χ0n) is 16.5. The molecule has 6 heteroatoms. The molecule has 0 aromatic heterocycles. The number of hydrogen-bond acceptors (Lipinski definition) is 4. The van der Waals surface area contributed by atoms with Gasteiger partial charge in [-0.15, -0.1) is 0 Å². The number of carbonyl (C=O) groups is 2. The number of rotatable bonds is 7. The van der Waals surface area contributed by atoms with E-state index in [2.05, 4.69) is 5.32 Å². The van der Waals surface area contributed by atoms with Crippen molar-refractivity contribution in [1.29, 1.82) is 0 Å². The first kappa shape index (κ1) is 21.0. The molecule has 2 aromatic rings. The summed E-state index contributed by atoms with van der Waals surface area (Å²) in [6.45, 7) is 6.08. The number of nitrogens with zero attached hydrogens (tertiary/aromatic N) is 2. The maximum atomic E-state index is 12.9. The molecule has 0 fully saturated rings. The Labute approximate surface area is 165 Å². The highest BCUT2D eigenvalue weighted by Crippen LogP contribution is 2.21. The topological polar surface area (TPSA) is 52.7 Å². The second-order valence-electron chi connectivity index (χ2n) is 6.55. The third-order valence-corrected chi connectivity index (χ3v) is 5.00. The Balaban J connectivity index is 2.08. The quantitative estimate of drug-likeness (QED) is 0.731. The summed E-state index contributed by atoms with van der Waals surface area (Å²) >= 11 is 1.59. The van der Waals surface area contributed by atoms with Crippen molar-refractivity contribution in [3.8, 4) is 0 Å². The molecule has 2 aromatic carbocycles. The highest BCUT2D eigenvalue weighted by molar-refractivity contribution is 7.97. The van der Waals surface area contributed by atoms with Crippen LogP contribution in [0.2, 0.25) is 0 Å². The van der Waals surface area contributed by atoms with Crippen LogP contribution in [-0.2, 0) is 4.79 Å². The minimum atomic E-state index is -0.570. The molecule has 0 aliphatic heterocycles. The maximum Gasteiger partial charge on any atom is 0.254 e. The van der Waals surface area contributed by atoms with E-state index in [9.17, 15) is 9.59 Å². The summed E-state index contributed by atoms with van der Waals surface area (Å²) in [4.78, 5) is 28.1. The van der Waals surface area contributed by atoms with Gasteiger partial charge < -0.3 is 10.2 Å². The zero-order chi connectivity index (χ0) is 20.0. The van der Waals surface area contributed by atoms with E-state index in [0.717, 1.165) is 16.1 Å². The minimum Gasteiger partial charge on any atom is -0.327 e. The Morgan fingerprint density at radius 2 is 1.63 bits per heavy atom. The molecule has 0 heterocycles. The van der Waals surface area contributed by atoms with Gasteiger partial charge in [0, 0.05) is 22.7 Å². The number of nitrogens with one attached hydrogen (secondary N) is 1. The van der Waals surface area contributed by atoms with Crippen LogP contribution in [0.3, 0.4) is 0 Å². The molecule has 2 amide bonds. The number of anilines is 1. The first-order valence-electron chi connectivity index (χ1n) is 8.95. The maximum absolute atomic E-state index is 12.9. The second-order valence-corrected chi connectivity index (χ2v) is 7.93. The highest BCUT2D eigenvalue weighted by atomic mass is 32.2. The van der Waals surface area contributed by atoms with E-state index in [1.165, 1.54) is 0 Å². The summed E-state index contributed by atoms with van der Waals surface area (Å²) in [7, 11) is 3.94. The highest BCUT2D eigenvalue weighted by Gasteiger charge is 2.25. The number of hydrogen-bond donors (Lipinski definition) is 1. The molecule has 0 spiro atoms. The van der Waals surface area contributed by atoms with E-state index in [0.29, 0.717) is 12.1 Å². The second kappa shape index (κ2) is 9.58. The average molecular weight is 386 g/mol. The lowest BCUT2D eigenvalue weighted by atomic mass is 10.1. The first-order chi connectivity index (χ1) is 12.8. The van der Waals surface area contributed by atoms with Gasteiger partial charge in [-0.1, -0.05) is 17.7 Å². The molecule has 0 aliphatic carbocycles. The van der Waals surface area contributed by atoms with Crippen LogP contribution in [0.5, 0.6) is 0 Å². The molecule has 0 aliphatic rings. The van der Waals surface area contributed by atoms with Crippen LogP contribution in [0, 0.1) is 6.92 Å². The fourth-order valence-electron chi connectivity index (χ4n) is 2.65. The minimum absolute atomic E-state index is 0.148. The summed E-state index contributed by atoms with van der Waals surface area (Å²) in [5.74, 6) is -0.348. The lowest BCUT2D eigenvalue weighted by Crippen LogP contribution is -2.45. The van der Waals surface area contributed by atoms with Crippen molar-refractivity contribution in [1.82, 2.24) is 9.21 Å². The predicted molar refractivity (Wildman–Crippen MR) is 112 cm³/mol. The Kier molecular flexibility index (Phi) is 7.45. The van der Waals surface area contributed by atoms with Crippen molar-refractivity contribution >= 4 is 29.4 Å². The number of carbonyl (C=O) groups excluding carboxylic acids is 2. The summed E-state index contributed by atoms with van der Waals surface area (Å²) in [6, 6.07) is 14.5. The molecule has 27 heavy (non-hydrogen) atoms. The number of likely N-dealkylation sites (N-methyl/N-ethyl adjacent to an activating group) is 1. The molecule has 0 bridgehead atoms. The third kappa shape index (κ3) is 5.84. The molecular weight excluding hydrogens is 358 g/mol. The van der Waals surface area contributed by atoms with Crippen LogP contribution >= 0.6 is 11.9 Å². The fraction of sp³-hybridized carbons (Fsp3) is 0.333. The molecule has 1 N–H and O–H groups in total. The zero-order valence-corrected chi connectivity index (χ0v) is 17.3. The number of benzene rings is 2. The molecule has 1 atom stereocenters. The van der Waals surface area contributed by atoms with Crippen LogP contribution < -0.4 is 5.32 Å². The first-order valence-corrected chi connectivity index (χ1v) is 9.73. The molecular formula is C21H27N3O2S. The van der Waals surface area contributed by atoms with Crippen LogP contribution in [0.1, 0.15) is 29.8 Å². The monoisotopic (exact) mass is 385 g/mol. The van der Waals surface area contributed by atoms with Gasteiger partial charge >= 0.3 is 0 Å². The van der Waals surface area contributed by atoms with Gasteiger partial charge in [0.15, 0.2) is 0 Å².